The summed E-state index contributed by atoms with van der Waals surface area (Å²) in [6, 6.07) is 0.279. The Morgan fingerprint density at radius 2 is 2.25 bits per heavy atom. The monoisotopic (exact) mass is 191 g/mol. The summed E-state index contributed by atoms with van der Waals surface area (Å²) in [6.45, 7) is 6.77. The Balaban J connectivity index is 2.80. The third-order valence-electron chi connectivity index (χ3n) is 1.98. The minimum absolute atomic E-state index is 0.170. The van der Waals surface area contributed by atoms with E-state index >= 15 is 0 Å². The summed E-state index contributed by atoms with van der Waals surface area (Å²) >= 11 is 0. The molecule has 0 saturated carbocycles. The van der Waals surface area contributed by atoms with E-state index in [9.17, 15) is 4.21 Å². The van der Waals surface area contributed by atoms with E-state index in [2.05, 4.69) is 5.87 Å². The lowest BCUT2D eigenvalue weighted by Crippen LogP contribution is -2.48. The highest BCUT2D eigenvalue weighted by Crippen LogP contribution is 2.15. The molecule has 0 bridgehead atoms. The molecule has 0 aromatic heterocycles. The zero-order valence-electron chi connectivity index (χ0n) is 7.95. The summed E-state index contributed by atoms with van der Waals surface area (Å²) in [5.41, 5.74) is 0. The maximum absolute atomic E-state index is 11.8. The lowest BCUT2D eigenvalue weighted by atomic mass is 10.3. The summed E-state index contributed by atoms with van der Waals surface area (Å²) in [4.78, 5) is 0. The molecule has 0 amide bonds. The molecule has 0 radical (unpaired) electrons. The van der Waals surface area contributed by atoms with Crippen LogP contribution in [0.2, 0.25) is 0 Å². The molecule has 72 valence electrons. The molecule has 0 spiro atoms. The molecule has 0 aromatic carbocycles. The van der Waals surface area contributed by atoms with Gasteiger partial charge in [-0.05, 0) is 26.6 Å². The van der Waals surface area contributed by atoms with Crippen molar-refractivity contribution < 1.29 is 8.95 Å². The van der Waals surface area contributed by atoms with Crippen LogP contribution in [0.5, 0.6) is 0 Å². The van der Waals surface area contributed by atoms with Crippen molar-refractivity contribution in [2.24, 2.45) is 0 Å². The first-order valence-corrected chi connectivity index (χ1v) is 6.02. The van der Waals surface area contributed by atoms with Gasteiger partial charge in [-0.1, -0.05) is 0 Å². The van der Waals surface area contributed by atoms with E-state index in [0.717, 1.165) is 6.54 Å². The Labute approximate surface area is 74.8 Å². The molecule has 0 N–H and O–H groups in total. The Hall–Kier alpha value is -0.0600. The standard InChI is InChI=1S/C8H17NO2S/c1-7(2)9-5-8(3)11-6-12(9,4)10/h7-8H,4-6H2,1-3H3/t8-,12?/m0/s1. The summed E-state index contributed by atoms with van der Waals surface area (Å²) in [5, 5.41) is 0. The molecule has 0 aliphatic carbocycles. The zero-order valence-corrected chi connectivity index (χ0v) is 8.76. The molecule has 1 aliphatic rings. The third kappa shape index (κ3) is 2.00. The fraction of sp³-hybridized carbons (Fsp3) is 0.875. The third-order valence-corrected chi connectivity index (χ3v) is 3.91. The van der Waals surface area contributed by atoms with Gasteiger partial charge in [0, 0.05) is 12.6 Å². The number of rotatable bonds is 1. The van der Waals surface area contributed by atoms with Crippen molar-refractivity contribution in [2.75, 3.05) is 12.5 Å². The molecule has 1 fully saturated rings. The van der Waals surface area contributed by atoms with Crippen LogP contribution in [-0.4, -0.2) is 39.0 Å². The van der Waals surface area contributed by atoms with Crippen LogP contribution in [0.25, 0.3) is 0 Å². The molecule has 1 saturated heterocycles. The largest absolute Gasteiger partial charge is 0.363 e. The smallest absolute Gasteiger partial charge is 0.128 e. The lowest BCUT2D eigenvalue weighted by Gasteiger charge is -2.36. The summed E-state index contributed by atoms with van der Waals surface area (Å²) < 4.78 is 19.0. The van der Waals surface area contributed by atoms with Gasteiger partial charge in [-0.15, -0.1) is 0 Å². The molecular weight excluding hydrogens is 174 g/mol. The Kier molecular flexibility index (Phi) is 2.81. The van der Waals surface area contributed by atoms with Crippen molar-refractivity contribution in [3.8, 4) is 0 Å². The van der Waals surface area contributed by atoms with Crippen LogP contribution in [-0.2, 0) is 14.4 Å². The van der Waals surface area contributed by atoms with Gasteiger partial charge >= 0.3 is 0 Å². The highest BCUT2D eigenvalue weighted by atomic mass is 32.2. The molecule has 3 nitrogen and oxygen atoms in total. The summed E-state index contributed by atoms with van der Waals surface area (Å²) in [6.07, 6.45) is 0.170. The first kappa shape index (κ1) is 10.0. The average Bonchev–Trinajstić information content (AvgIpc) is 1.94. The van der Waals surface area contributed by atoms with Gasteiger partial charge < -0.3 is 4.74 Å². The van der Waals surface area contributed by atoms with Crippen LogP contribution in [0.1, 0.15) is 20.8 Å². The van der Waals surface area contributed by atoms with Crippen molar-refractivity contribution in [1.29, 1.82) is 0 Å². The number of nitrogens with zero attached hydrogens (tertiary/aromatic N) is 1. The van der Waals surface area contributed by atoms with E-state index < -0.39 is 9.71 Å². The topological polar surface area (TPSA) is 29.5 Å². The Morgan fingerprint density at radius 3 is 2.67 bits per heavy atom. The maximum Gasteiger partial charge on any atom is 0.128 e. The van der Waals surface area contributed by atoms with Gasteiger partial charge in [0.2, 0.25) is 0 Å². The van der Waals surface area contributed by atoms with Gasteiger partial charge in [0.15, 0.2) is 0 Å². The minimum atomic E-state index is -2.14. The number of ether oxygens (including phenoxy) is 1. The fourth-order valence-corrected chi connectivity index (χ4v) is 3.16. The quantitative estimate of drug-likeness (QED) is 0.571. The van der Waals surface area contributed by atoms with E-state index in [1.807, 2.05) is 25.1 Å². The van der Waals surface area contributed by atoms with Crippen molar-refractivity contribution in [3.05, 3.63) is 0 Å². The molecule has 12 heavy (non-hydrogen) atoms. The minimum Gasteiger partial charge on any atom is -0.363 e. The molecule has 1 aliphatic heterocycles. The van der Waals surface area contributed by atoms with Gasteiger partial charge in [0.1, 0.15) is 5.94 Å². The highest BCUT2D eigenvalue weighted by molar-refractivity contribution is 7.98. The predicted octanol–water partition coefficient (Wildman–Crippen LogP) is 0.704. The van der Waals surface area contributed by atoms with Crippen molar-refractivity contribution in [3.63, 3.8) is 0 Å². The Morgan fingerprint density at radius 1 is 1.67 bits per heavy atom. The second kappa shape index (κ2) is 3.36. The number of hydrogen-bond donors (Lipinski definition) is 0. The van der Waals surface area contributed by atoms with Crippen LogP contribution >= 0.6 is 0 Å². The summed E-state index contributed by atoms with van der Waals surface area (Å²) in [5.74, 6) is 3.97. The molecule has 1 unspecified atom stereocenters. The molecule has 1 heterocycles. The van der Waals surface area contributed by atoms with E-state index in [0.29, 0.717) is 0 Å². The fourth-order valence-electron chi connectivity index (χ4n) is 1.33. The molecule has 4 heteroatoms. The van der Waals surface area contributed by atoms with Crippen LogP contribution in [0, 0.1) is 0 Å². The van der Waals surface area contributed by atoms with Crippen molar-refractivity contribution >= 4 is 15.6 Å². The van der Waals surface area contributed by atoms with Gasteiger partial charge in [-0.2, -0.15) is 0 Å². The van der Waals surface area contributed by atoms with Gasteiger partial charge in [-0.3, -0.25) is 4.21 Å². The first-order valence-electron chi connectivity index (χ1n) is 4.17. The maximum atomic E-state index is 11.8. The van der Waals surface area contributed by atoms with Crippen LogP contribution in [0.3, 0.4) is 0 Å². The van der Waals surface area contributed by atoms with Gasteiger partial charge in [0.05, 0.1) is 15.8 Å². The molecule has 2 atom stereocenters. The molecule has 1 rings (SSSR count). The average molecular weight is 191 g/mol. The van der Waals surface area contributed by atoms with E-state index in [4.69, 9.17) is 4.74 Å². The van der Waals surface area contributed by atoms with Gasteiger partial charge in [0.25, 0.3) is 0 Å². The first-order chi connectivity index (χ1) is 5.43. The molecule has 0 aromatic rings. The lowest BCUT2D eigenvalue weighted by molar-refractivity contribution is 0.0597. The van der Waals surface area contributed by atoms with E-state index in [1.54, 1.807) is 0 Å². The van der Waals surface area contributed by atoms with Gasteiger partial charge in [-0.25, -0.2) is 4.31 Å². The summed E-state index contributed by atoms with van der Waals surface area (Å²) in [7, 11) is -2.14. The van der Waals surface area contributed by atoms with Crippen molar-refractivity contribution in [2.45, 2.75) is 32.9 Å². The number of hydrogen-bond acceptors (Lipinski definition) is 2. The van der Waals surface area contributed by atoms with E-state index in [1.165, 1.54) is 0 Å². The second-order valence-corrected chi connectivity index (χ2v) is 5.81. The molecular formula is C8H17NO2S. The predicted molar refractivity (Wildman–Crippen MR) is 52.5 cm³/mol. The highest BCUT2D eigenvalue weighted by Gasteiger charge is 2.27. The van der Waals surface area contributed by atoms with Crippen LogP contribution in [0.4, 0.5) is 0 Å². The van der Waals surface area contributed by atoms with Crippen LogP contribution in [0.15, 0.2) is 0 Å². The zero-order chi connectivity index (χ0) is 9.35. The SMILES string of the molecule is C=S1(=O)CO[C@@H](C)CN1C(C)C. The van der Waals surface area contributed by atoms with Crippen LogP contribution < -0.4 is 0 Å². The van der Waals surface area contributed by atoms with Crippen molar-refractivity contribution in [1.82, 2.24) is 4.31 Å². The van der Waals surface area contributed by atoms with E-state index in [-0.39, 0.29) is 18.1 Å². The second-order valence-electron chi connectivity index (χ2n) is 3.56. The Bertz CT molecular complexity index is 246. The normalized spacial score (nSPS) is 38.8.